The van der Waals surface area contributed by atoms with Crippen LogP contribution in [0.25, 0.3) is 0 Å². The van der Waals surface area contributed by atoms with Crippen LogP contribution in [0.2, 0.25) is 0 Å². The lowest BCUT2D eigenvalue weighted by Crippen LogP contribution is -2.38. The maximum Gasteiger partial charge on any atom is 0.522 e. The van der Waals surface area contributed by atoms with Crippen molar-refractivity contribution in [1.29, 1.82) is 0 Å². The molecular weight excluding hydrogens is 297 g/mol. The van der Waals surface area contributed by atoms with Crippen LogP contribution < -0.4 is 5.32 Å². The molecule has 0 unspecified atom stereocenters. The molecule has 1 aromatic heterocycles. The number of likely N-dealkylation sites (tertiary alicyclic amines) is 1. The number of piperidine rings is 1. The summed E-state index contributed by atoms with van der Waals surface area (Å²) in [5.41, 5.74) is 0.956. The zero-order valence-electron chi connectivity index (χ0n) is 12.6. The smallest absolute Gasteiger partial charge is 0.354 e. The van der Waals surface area contributed by atoms with E-state index in [1.165, 1.54) is 0 Å². The molecule has 22 heavy (non-hydrogen) atoms. The zero-order chi connectivity index (χ0) is 16.0. The van der Waals surface area contributed by atoms with Crippen molar-refractivity contribution in [3.05, 3.63) is 18.0 Å². The predicted molar refractivity (Wildman–Crippen MR) is 76.3 cm³/mol. The maximum absolute atomic E-state index is 12.2. The summed E-state index contributed by atoms with van der Waals surface area (Å²) in [4.78, 5) is 10.5. The highest BCUT2D eigenvalue weighted by Crippen LogP contribution is 2.24. The van der Waals surface area contributed by atoms with Gasteiger partial charge in [0.2, 0.25) is 5.95 Å². The normalized spacial score (nSPS) is 17.6. The van der Waals surface area contributed by atoms with E-state index in [2.05, 4.69) is 31.8 Å². The van der Waals surface area contributed by atoms with E-state index >= 15 is 0 Å². The molecule has 1 fully saturated rings. The average molecular weight is 318 g/mol. The number of halogens is 3. The van der Waals surface area contributed by atoms with E-state index in [-0.39, 0.29) is 0 Å². The number of rotatable bonds is 6. The van der Waals surface area contributed by atoms with E-state index in [0.717, 1.165) is 18.5 Å². The second-order valence-corrected chi connectivity index (χ2v) is 5.38. The molecule has 2 heterocycles. The van der Waals surface area contributed by atoms with E-state index in [0.29, 0.717) is 38.4 Å². The van der Waals surface area contributed by atoms with Crippen LogP contribution in [-0.2, 0) is 11.3 Å². The van der Waals surface area contributed by atoms with Crippen LogP contribution in [0.1, 0.15) is 31.7 Å². The Labute approximate surface area is 127 Å². The van der Waals surface area contributed by atoms with Crippen LogP contribution >= 0.6 is 0 Å². The van der Waals surface area contributed by atoms with Gasteiger partial charge in [-0.3, -0.25) is 9.64 Å². The van der Waals surface area contributed by atoms with Gasteiger partial charge >= 0.3 is 6.36 Å². The molecule has 124 valence electrons. The number of alkyl halides is 3. The molecule has 2 rings (SSSR count). The Kier molecular flexibility index (Phi) is 5.96. The van der Waals surface area contributed by atoms with Crippen LogP contribution in [0, 0.1) is 0 Å². The number of aromatic nitrogens is 2. The number of anilines is 1. The lowest BCUT2D eigenvalue weighted by atomic mass is 10.1. The van der Waals surface area contributed by atoms with E-state index in [1.807, 2.05) is 0 Å². The minimum atomic E-state index is -4.54. The highest BCUT2D eigenvalue weighted by molar-refractivity contribution is 5.24. The molecule has 0 radical (unpaired) electrons. The van der Waals surface area contributed by atoms with Gasteiger partial charge in [-0.1, -0.05) is 6.92 Å². The Bertz CT molecular complexity index is 444. The molecule has 1 aromatic rings. The Morgan fingerprint density at radius 1 is 1.27 bits per heavy atom. The SMILES string of the molecule is CCCNc1ncc(CN2CCC(OC(F)(F)F)CC2)cn1. The first kappa shape index (κ1) is 17.0. The van der Waals surface area contributed by atoms with Gasteiger partial charge in [0.1, 0.15) is 0 Å². The molecule has 8 heteroatoms. The van der Waals surface area contributed by atoms with Gasteiger partial charge in [-0.15, -0.1) is 13.2 Å². The minimum absolute atomic E-state index is 0.385. The van der Waals surface area contributed by atoms with Gasteiger partial charge in [0.15, 0.2) is 0 Å². The molecule has 1 aliphatic heterocycles. The van der Waals surface area contributed by atoms with Crippen molar-refractivity contribution in [2.45, 2.75) is 45.2 Å². The van der Waals surface area contributed by atoms with Crippen molar-refractivity contribution in [2.75, 3.05) is 25.0 Å². The van der Waals surface area contributed by atoms with Gasteiger partial charge in [0.25, 0.3) is 0 Å². The van der Waals surface area contributed by atoms with Gasteiger partial charge in [0.05, 0.1) is 6.10 Å². The van der Waals surface area contributed by atoms with Crippen molar-refractivity contribution in [1.82, 2.24) is 14.9 Å². The third-order valence-corrected chi connectivity index (χ3v) is 3.48. The molecule has 0 bridgehead atoms. The van der Waals surface area contributed by atoms with Crippen molar-refractivity contribution in [3.8, 4) is 0 Å². The third kappa shape index (κ3) is 5.76. The van der Waals surface area contributed by atoms with Crippen molar-refractivity contribution >= 4 is 5.95 Å². The number of hydrogen-bond donors (Lipinski definition) is 1. The van der Waals surface area contributed by atoms with Gasteiger partial charge in [0, 0.05) is 44.1 Å². The molecule has 0 aromatic carbocycles. The third-order valence-electron chi connectivity index (χ3n) is 3.48. The predicted octanol–water partition coefficient (Wildman–Crippen LogP) is 2.80. The fourth-order valence-electron chi connectivity index (χ4n) is 2.40. The topological polar surface area (TPSA) is 50.3 Å². The average Bonchev–Trinajstić information content (AvgIpc) is 2.47. The lowest BCUT2D eigenvalue weighted by Gasteiger charge is -2.31. The number of nitrogens with one attached hydrogen (secondary N) is 1. The molecule has 0 atom stereocenters. The highest BCUT2D eigenvalue weighted by atomic mass is 19.4. The standard InChI is InChI=1S/C14H21F3N4O/c1-2-5-18-13-19-8-11(9-20-13)10-21-6-3-12(4-7-21)22-14(15,16)17/h8-9,12H,2-7,10H2,1H3,(H,18,19,20). The summed E-state index contributed by atoms with van der Waals surface area (Å²) >= 11 is 0. The van der Waals surface area contributed by atoms with E-state index in [9.17, 15) is 13.2 Å². The molecule has 1 saturated heterocycles. The van der Waals surface area contributed by atoms with Crippen molar-refractivity contribution < 1.29 is 17.9 Å². The molecule has 1 aliphatic rings. The Morgan fingerprint density at radius 2 is 1.91 bits per heavy atom. The van der Waals surface area contributed by atoms with E-state index < -0.39 is 12.5 Å². The van der Waals surface area contributed by atoms with Gasteiger partial charge in [-0.2, -0.15) is 0 Å². The fourth-order valence-corrected chi connectivity index (χ4v) is 2.40. The first-order valence-electron chi connectivity index (χ1n) is 7.48. The fraction of sp³-hybridized carbons (Fsp3) is 0.714. The minimum Gasteiger partial charge on any atom is -0.354 e. The lowest BCUT2D eigenvalue weighted by molar-refractivity contribution is -0.345. The Hall–Kier alpha value is -1.41. The summed E-state index contributed by atoms with van der Waals surface area (Å²) in [5, 5.41) is 3.09. The second kappa shape index (κ2) is 7.73. The first-order valence-corrected chi connectivity index (χ1v) is 7.48. The summed E-state index contributed by atoms with van der Waals surface area (Å²) in [7, 11) is 0. The van der Waals surface area contributed by atoms with Crippen LogP contribution in [0.15, 0.2) is 12.4 Å². The summed E-state index contributed by atoms with van der Waals surface area (Å²) in [6.45, 7) is 4.69. The van der Waals surface area contributed by atoms with E-state index in [4.69, 9.17) is 0 Å². The van der Waals surface area contributed by atoms with Gasteiger partial charge < -0.3 is 5.32 Å². The molecule has 0 amide bonds. The molecule has 1 N–H and O–H groups in total. The van der Waals surface area contributed by atoms with E-state index in [1.54, 1.807) is 12.4 Å². The summed E-state index contributed by atoms with van der Waals surface area (Å²) in [6, 6.07) is 0. The quantitative estimate of drug-likeness (QED) is 0.874. The zero-order valence-corrected chi connectivity index (χ0v) is 12.6. The van der Waals surface area contributed by atoms with Crippen LogP contribution in [0.5, 0.6) is 0 Å². The van der Waals surface area contributed by atoms with Crippen molar-refractivity contribution in [2.24, 2.45) is 0 Å². The summed E-state index contributed by atoms with van der Waals surface area (Å²) < 4.78 is 40.5. The molecule has 0 spiro atoms. The molecular formula is C14H21F3N4O. The van der Waals surface area contributed by atoms with Crippen molar-refractivity contribution in [3.63, 3.8) is 0 Å². The van der Waals surface area contributed by atoms with Gasteiger partial charge in [-0.25, -0.2) is 9.97 Å². The second-order valence-electron chi connectivity index (χ2n) is 5.38. The number of ether oxygens (including phenoxy) is 1. The molecule has 0 aliphatic carbocycles. The summed E-state index contributed by atoms with van der Waals surface area (Å²) in [5.74, 6) is 0.600. The molecule has 0 saturated carbocycles. The van der Waals surface area contributed by atoms with Crippen LogP contribution in [-0.4, -0.2) is 47.0 Å². The maximum atomic E-state index is 12.2. The largest absolute Gasteiger partial charge is 0.522 e. The summed E-state index contributed by atoms with van der Waals surface area (Å²) in [6.07, 6.45) is 0.00916. The Morgan fingerprint density at radius 3 is 2.45 bits per heavy atom. The highest BCUT2D eigenvalue weighted by Gasteiger charge is 2.34. The first-order chi connectivity index (χ1) is 10.5. The number of hydrogen-bond acceptors (Lipinski definition) is 5. The van der Waals surface area contributed by atoms with Gasteiger partial charge in [-0.05, 0) is 19.3 Å². The number of nitrogens with zero attached hydrogens (tertiary/aromatic N) is 3. The van der Waals surface area contributed by atoms with Crippen LogP contribution in [0.4, 0.5) is 19.1 Å². The van der Waals surface area contributed by atoms with Crippen LogP contribution in [0.3, 0.4) is 0 Å². The Balaban J connectivity index is 1.76. The molecule has 5 nitrogen and oxygen atoms in total. The monoisotopic (exact) mass is 318 g/mol.